The Balaban J connectivity index is 0.000000275. The first-order valence-corrected chi connectivity index (χ1v) is 17.6. The summed E-state index contributed by atoms with van der Waals surface area (Å²) >= 11 is 0. The van der Waals surface area contributed by atoms with Gasteiger partial charge in [0.05, 0.1) is 27.0 Å². The lowest BCUT2D eigenvalue weighted by atomic mass is 9.85. The summed E-state index contributed by atoms with van der Waals surface area (Å²) in [6.45, 7) is 1.95. The van der Waals surface area contributed by atoms with Crippen LogP contribution in [0.15, 0.2) is 79.3 Å². The van der Waals surface area contributed by atoms with E-state index in [1.165, 1.54) is 33.6 Å². The van der Waals surface area contributed by atoms with E-state index in [9.17, 15) is 36.5 Å². The molecule has 1 N–H and O–H groups in total. The minimum atomic E-state index is -6.09. The first-order chi connectivity index (χ1) is 24.2. The van der Waals surface area contributed by atoms with Gasteiger partial charge in [0.1, 0.15) is 0 Å². The van der Waals surface area contributed by atoms with Crippen molar-refractivity contribution in [2.75, 3.05) is 0 Å². The Bertz CT molecular complexity index is 2400. The fraction of sp³-hybridized carbons (Fsp3) is 0.188. The molecule has 0 fully saturated rings. The molecule has 7 rings (SSSR count). The van der Waals surface area contributed by atoms with Crippen LogP contribution < -0.4 is 9.13 Å². The quantitative estimate of drug-likeness (QED) is 0.0635. The highest BCUT2D eigenvalue weighted by Gasteiger charge is 2.38. The topological polar surface area (TPSA) is 181 Å². The molecule has 274 valence electrons. The Morgan fingerprint density at radius 1 is 0.731 bits per heavy atom. The van der Waals surface area contributed by atoms with Crippen LogP contribution in [0.2, 0.25) is 0 Å². The van der Waals surface area contributed by atoms with Gasteiger partial charge < -0.3 is 14.1 Å². The third-order valence-electron chi connectivity index (χ3n) is 8.07. The van der Waals surface area contributed by atoms with Gasteiger partial charge in [-0.2, -0.15) is 35.5 Å². The number of nitrogens with zero attached hydrogens (tertiary/aromatic N) is 3. The Morgan fingerprint density at radius 3 is 1.85 bits per heavy atom. The summed E-state index contributed by atoms with van der Waals surface area (Å²) in [5.41, 5.74) is -0.569. The normalized spacial score (nSPS) is 13.8. The van der Waals surface area contributed by atoms with E-state index in [4.69, 9.17) is 25.9 Å². The van der Waals surface area contributed by atoms with E-state index in [1.807, 2.05) is 24.4 Å². The van der Waals surface area contributed by atoms with E-state index in [-0.39, 0.29) is 10.6 Å². The molecule has 52 heavy (non-hydrogen) atoms. The average molecular weight is 771 g/mol. The van der Waals surface area contributed by atoms with E-state index < -0.39 is 31.3 Å². The van der Waals surface area contributed by atoms with Crippen molar-refractivity contribution in [3.8, 4) is 22.5 Å². The third kappa shape index (κ3) is 7.98. The maximum absolute atomic E-state index is 11.6. The highest BCUT2D eigenvalue weighted by atomic mass is 32.2. The van der Waals surface area contributed by atoms with Crippen LogP contribution in [0.3, 0.4) is 0 Å². The lowest BCUT2D eigenvalue weighted by Crippen LogP contribution is -2.43. The van der Waals surface area contributed by atoms with Crippen LogP contribution >= 0.6 is 0 Å². The van der Waals surface area contributed by atoms with Crippen LogP contribution in [0, 0.1) is 10.1 Å². The van der Waals surface area contributed by atoms with Gasteiger partial charge in [0.2, 0.25) is 11.4 Å². The van der Waals surface area contributed by atoms with Crippen LogP contribution in [0.1, 0.15) is 22.3 Å². The maximum atomic E-state index is 11.6. The number of aromatic nitrogens is 3. The van der Waals surface area contributed by atoms with E-state index >= 15 is 0 Å². The summed E-state index contributed by atoms with van der Waals surface area (Å²) in [4.78, 5) is 14.4. The first-order valence-electron chi connectivity index (χ1n) is 14.8. The largest absolute Gasteiger partial charge is 0.741 e. The summed E-state index contributed by atoms with van der Waals surface area (Å²) in [5.74, 6) is 0. The highest BCUT2D eigenvalue weighted by Crippen LogP contribution is 2.39. The monoisotopic (exact) mass is 770 g/mol. The van der Waals surface area contributed by atoms with Gasteiger partial charge in [-0.3, -0.25) is 10.1 Å². The number of benzene rings is 2. The van der Waals surface area contributed by atoms with Crippen LogP contribution in [0.5, 0.6) is 0 Å². The number of nitrogens with one attached hydrogen (secondary N) is 1. The summed E-state index contributed by atoms with van der Waals surface area (Å²) in [5, 5.41) is 12.2. The number of alkyl halides is 6. The fourth-order valence-corrected chi connectivity index (χ4v) is 5.79. The molecule has 0 radical (unpaired) electrons. The second-order valence-corrected chi connectivity index (χ2v) is 14.0. The van der Waals surface area contributed by atoms with Gasteiger partial charge in [-0.25, -0.2) is 16.8 Å². The van der Waals surface area contributed by atoms with E-state index in [2.05, 4.69) is 69.0 Å². The van der Waals surface area contributed by atoms with Gasteiger partial charge >= 0.3 is 11.0 Å². The van der Waals surface area contributed by atoms with Crippen molar-refractivity contribution in [3.63, 3.8) is 0 Å². The molecule has 2 aliphatic heterocycles. The Hall–Kier alpha value is -5.18. The third-order valence-corrected chi connectivity index (χ3v) is 9.20. The molecule has 0 aliphatic carbocycles. The van der Waals surface area contributed by atoms with Crippen LogP contribution in [-0.2, 0) is 46.2 Å². The average Bonchev–Trinajstić information content (AvgIpc) is 3.48. The van der Waals surface area contributed by atoms with Crippen molar-refractivity contribution in [1.29, 1.82) is 0 Å². The van der Waals surface area contributed by atoms with Crippen molar-refractivity contribution >= 4 is 49.0 Å². The lowest BCUT2D eigenvalue weighted by Gasteiger charge is -2.22. The Kier molecular flexibility index (Phi) is 10.3. The molecule has 0 bridgehead atoms. The molecule has 5 aromatic rings. The van der Waals surface area contributed by atoms with Gasteiger partial charge in [0.25, 0.3) is 5.69 Å². The van der Waals surface area contributed by atoms with Gasteiger partial charge in [-0.15, -0.1) is 0 Å². The van der Waals surface area contributed by atoms with Crippen molar-refractivity contribution in [2.45, 2.75) is 36.9 Å². The molecule has 2 aliphatic rings. The zero-order valence-corrected chi connectivity index (χ0v) is 27.8. The second-order valence-electron chi connectivity index (χ2n) is 11.3. The minimum Gasteiger partial charge on any atom is -0.741 e. The summed E-state index contributed by atoms with van der Waals surface area (Å²) in [6.07, 6.45) is 12.2. The predicted octanol–water partition coefficient (Wildman–Crippen LogP) is 5.37. The maximum Gasteiger partial charge on any atom is 0.485 e. The summed E-state index contributed by atoms with van der Waals surface area (Å²) < 4.78 is 123. The van der Waals surface area contributed by atoms with E-state index in [0.717, 1.165) is 42.6 Å². The first kappa shape index (κ1) is 38.1. The molecule has 3 aromatic heterocycles. The van der Waals surface area contributed by atoms with Crippen molar-refractivity contribution in [3.05, 3.63) is 112 Å². The van der Waals surface area contributed by atoms with E-state index in [1.54, 1.807) is 12.1 Å². The van der Waals surface area contributed by atoms with Crippen LogP contribution in [0.4, 0.5) is 32.0 Å². The number of hydrogen-bond donors (Lipinski definition) is 1. The molecule has 0 saturated carbocycles. The zero-order chi connectivity index (χ0) is 38.2. The number of rotatable bonds is 3. The number of fused-ring (bicyclic) bond motifs is 8. The SMILES string of the molecule is O=S(=O)([O-])C(F)(F)F.O=S(=O)([O-])C(F)(F)F.O=[N+]([O-])c1cccc2[nH]cc(/C=C/c3cc[n+]4c(c3)-c3c(ccc5c3-c3cccc[n+]3CC5)CC4)c12. The fourth-order valence-electron chi connectivity index (χ4n) is 5.79. The number of aryl methyl sites for hydroxylation is 4. The molecular weight excluding hydrogens is 746 g/mol. The summed E-state index contributed by atoms with van der Waals surface area (Å²) in [6, 6.07) is 20.6. The Labute approximate surface area is 290 Å². The van der Waals surface area contributed by atoms with Crippen molar-refractivity contribution in [2.24, 2.45) is 0 Å². The molecule has 5 heterocycles. The minimum absolute atomic E-state index is 0.117. The van der Waals surface area contributed by atoms with Crippen LogP contribution in [0.25, 0.3) is 45.6 Å². The van der Waals surface area contributed by atoms with Crippen molar-refractivity contribution < 1.29 is 66.3 Å². The van der Waals surface area contributed by atoms with E-state index in [0.29, 0.717) is 5.39 Å². The number of aromatic amines is 1. The second kappa shape index (κ2) is 14.1. The number of nitro benzene ring substituents is 1. The standard InChI is InChI=1S/C30H23N4O2.2CHF3O3S/c35-34(36)26-6-3-4-24-28(26)23(19-31-24)8-7-20-11-15-33-17-13-22-10-9-21-12-16-32-14-2-1-5-25(32)29(21)30(22)27(33)18-20;2*2-1(3,4)8(5,6)7/h1-11,14-15,18-19H,12-13,16-17H2;2*(H,5,6,7)/q+1;;/p-1. The molecule has 0 amide bonds. The Morgan fingerprint density at radius 2 is 1.29 bits per heavy atom. The predicted molar refractivity (Wildman–Crippen MR) is 170 cm³/mol. The molecule has 20 heteroatoms. The molecular formula is C32H24F6N4O8S2. The molecule has 2 aromatic carbocycles. The van der Waals surface area contributed by atoms with Crippen molar-refractivity contribution in [1.82, 2.24) is 4.98 Å². The molecule has 0 unspecified atom stereocenters. The van der Waals surface area contributed by atoms with Gasteiger partial charge in [0.15, 0.2) is 45.7 Å². The van der Waals surface area contributed by atoms with Crippen LogP contribution in [-0.4, -0.2) is 46.9 Å². The smallest absolute Gasteiger partial charge is 0.485 e. The van der Waals surface area contributed by atoms with Gasteiger partial charge in [-0.05, 0) is 28.8 Å². The zero-order valence-electron chi connectivity index (χ0n) is 26.2. The molecule has 12 nitrogen and oxygen atoms in total. The number of nitro groups is 1. The molecule has 0 spiro atoms. The number of H-pyrrole nitrogens is 1. The number of hydrogen-bond acceptors (Lipinski definition) is 8. The number of pyridine rings is 2. The lowest BCUT2D eigenvalue weighted by molar-refractivity contribution is -0.689. The molecule has 0 atom stereocenters. The van der Waals surface area contributed by atoms with Gasteiger partial charge in [0, 0.05) is 54.9 Å². The number of halogens is 6. The van der Waals surface area contributed by atoms with Gasteiger partial charge in [-0.1, -0.05) is 30.4 Å². The highest BCUT2D eigenvalue weighted by molar-refractivity contribution is 7.86. The molecule has 0 saturated heterocycles. The summed E-state index contributed by atoms with van der Waals surface area (Å²) in [7, 11) is -12.2. The number of non-ortho nitro benzene ring substituents is 1.